The van der Waals surface area contributed by atoms with Crippen LogP contribution >= 0.6 is 11.3 Å². The summed E-state index contributed by atoms with van der Waals surface area (Å²) in [6.07, 6.45) is 3.71. The molecule has 3 fully saturated rings. The molecule has 3 saturated heterocycles. The molecule has 3 N–H and O–H groups in total. The van der Waals surface area contributed by atoms with Gasteiger partial charge in [0.25, 0.3) is 0 Å². The van der Waals surface area contributed by atoms with Crippen LogP contribution in [0, 0.1) is 0 Å². The first-order valence-corrected chi connectivity index (χ1v) is 11.1. The first-order chi connectivity index (χ1) is 13.5. The lowest BCUT2D eigenvalue weighted by Crippen LogP contribution is -2.64. The number of nitrogens with one attached hydrogen (secondary N) is 2. The van der Waals surface area contributed by atoms with Crippen LogP contribution in [0.2, 0.25) is 0 Å². The summed E-state index contributed by atoms with van der Waals surface area (Å²) < 4.78 is 0. The van der Waals surface area contributed by atoms with E-state index >= 15 is 0 Å². The number of piperazine rings is 1. The van der Waals surface area contributed by atoms with Gasteiger partial charge in [0.15, 0.2) is 0 Å². The molecule has 3 aliphatic heterocycles. The average Bonchev–Trinajstić information content (AvgIpc) is 3.31. The van der Waals surface area contributed by atoms with Crippen molar-refractivity contribution in [1.29, 1.82) is 0 Å². The van der Waals surface area contributed by atoms with E-state index < -0.39 is 18.2 Å². The van der Waals surface area contributed by atoms with Crippen LogP contribution in [0.5, 0.6) is 0 Å². The maximum Gasteiger partial charge on any atom is 0.248 e. The highest BCUT2D eigenvalue weighted by atomic mass is 32.1. The van der Waals surface area contributed by atoms with E-state index in [1.54, 1.807) is 4.90 Å². The molecular formula is C20H30N4O3S. The van der Waals surface area contributed by atoms with Gasteiger partial charge >= 0.3 is 0 Å². The van der Waals surface area contributed by atoms with Gasteiger partial charge in [-0.25, -0.2) is 0 Å². The maximum absolute atomic E-state index is 12.5. The number of carbonyl (C=O) groups excluding carboxylic acids is 2. The molecule has 0 aliphatic carbocycles. The van der Waals surface area contributed by atoms with Crippen LogP contribution in [0.1, 0.15) is 42.4 Å². The first-order valence-electron chi connectivity index (χ1n) is 10.3. The molecule has 4 atom stereocenters. The molecule has 0 aromatic carbocycles. The van der Waals surface area contributed by atoms with Gasteiger partial charge in [0.2, 0.25) is 11.8 Å². The molecule has 4 heterocycles. The minimum Gasteiger partial charge on any atom is -0.391 e. The number of aliphatic hydroxyl groups is 1. The Morgan fingerprint density at radius 1 is 1.25 bits per heavy atom. The summed E-state index contributed by atoms with van der Waals surface area (Å²) in [6.45, 7) is 6.26. The van der Waals surface area contributed by atoms with E-state index in [2.05, 4.69) is 27.7 Å². The summed E-state index contributed by atoms with van der Waals surface area (Å²) in [5.41, 5.74) is 0. The monoisotopic (exact) mass is 406 g/mol. The van der Waals surface area contributed by atoms with E-state index in [9.17, 15) is 14.7 Å². The molecule has 0 saturated carbocycles. The fraction of sp³-hybridized carbons (Fsp3) is 0.700. The van der Waals surface area contributed by atoms with Crippen LogP contribution in [0.3, 0.4) is 0 Å². The Bertz CT molecular complexity index is 716. The van der Waals surface area contributed by atoms with Crippen molar-refractivity contribution >= 4 is 23.2 Å². The topological polar surface area (TPSA) is 84.9 Å². The highest BCUT2D eigenvalue weighted by Gasteiger charge is 2.47. The van der Waals surface area contributed by atoms with E-state index in [0.29, 0.717) is 13.0 Å². The normalized spacial score (nSPS) is 29.6. The van der Waals surface area contributed by atoms with E-state index in [-0.39, 0.29) is 17.9 Å². The molecule has 7 nitrogen and oxygen atoms in total. The Hall–Kier alpha value is -1.48. The lowest BCUT2D eigenvalue weighted by atomic mass is 10.0. The summed E-state index contributed by atoms with van der Waals surface area (Å²) in [5, 5.41) is 15.9. The molecule has 2 amide bonds. The van der Waals surface area contributed by atoms with Gasteiger partial charge < -0.3 is 20.6 Å². The van der Waals surface area contributed by atoms with Crippen LogP contribution in [0.4, 0.5) is 0 Å². The molecule has 0 spiro atoms. The van der Waals surface area contributed by atoms with Gasteiger partial charge in [0, 0.05) is 35.4 Å². The number of amides is 2. The van der Waals surface area contributed by atoms with E-state index in [1.807, 2.05) is 11.3 Å². The van der Waals surface area contributed by atoms with Gasteiger partial charge in [-0.1, -0.05) is 6.42 Å². The number of thiophene rings is 1. The van der Waals surface area contributed by atoms with Crippen LogP contribution in [0.15, 0.2) is 12.1 Å². The second-order valence-corrected chi connectivity index (χ2v) is 9.50. The lowest BCUT2D eigenvalue weighted by Gasteiger charge is -2.35. The Morgan fingerprint density at radius 3 is 2.75 bits per heavy atom. The maximum atomic E-state index is 12.5. The standard InChI is InChI=1S/C20H30N4O3S/c1-13(25)18-20(27)24-11-14(9-17(24)19(26)22-18)21-10-15-5-6-16(28-15)12-23-7-3-2-4-8-23/h5-6,13-14,17-18,21,25H,2-4,7-12H2,1H3,(H,22,26)/t13-,14+,17+,18+/m1/s1. The van der Waals surface area contributed by atoms with Crippen molar-refractivity contribution in [3.63, 3.8) is 0 Å². The summed E-state index contributed by atoms with van der Waals surface area (Å²) in [7, 11) is 0. The third kappa shape index (κ3) is 4.25. The predicted molar refractivity (Wildman–Crippen MR) is 108 cm³/mol. The molecule has 0 radical (unpaired) electrons. The number of nitrogens with zero attached hydrogens (tertiary/aromatic N) is 2. The molecule has 1 aromatic heterocycles. The second-order valence-electron chi connectivity index (χ2n) is 8.25. The smallest absolute Gasteiger partial charge is 0.248 e. The second kappa shape index (κ2) is 8.49. The zero-order chi connectivity index (χ0) is 19.7. The van der Waals surface area contributed by atoms with Gasteiger partial charge in [0.1, 0.15) is 12.1 Å². The fourth-order valence-corrected chi connectivity index (χ4v) is 5.49. The number of fused-ring (bicyclic) bond motifs is 1. The van der Waals surface area contributed by atoms with Crippen molar-refractivity contribution in [1.82, 2.24) is 20.4 Å². The van der Waals surface area contributed by atoms with Crippen molar-refractivity contribution in [3.05, 3.63) is 21.9 Å². The molecule has 1 aromatic rings. The summed E-state index contributed by atoms with van der Waals surface area (Å²) in [5.74, 6) is -0.335. The molecule has 0 unspecified atom stereocenters. The zero-order valence-electron chi connectivity index (χ0n) is 16.4. The number of rotatable bonds is 6. The molecular weight excluding hydrogens is 376 g/mol. The number of aliphatic hydroxyl groups excluding tert-OH is 1. The minimum atomic E-state index is -0.881. The summed E-state index contributed by atoms with van der Waals surface area (Å²) in [6, 6.07) is 3.26. The van der Waals surface area contributed by atoms with Crippen molar-refractivity contribution < 1.29 is 14.7 Å². The zero-order valence-corrected chi connectivity index (χ0v) is 17.2. The highest BCUT2D eigenvalue weighted by molar-refractivity contribution is 7.11. The Morgan fingerprint density at radius 2 is 2.00 bits per heavy atom. The van der Waals surface area contributed by atoms with Gasteiger partial charge in [-0.2, -0.15) is 0 Å². The first kappa shape index (κ1) is 19.8. The fourth-order valence-electron chi connectivity index (χ4n) is 4.48. The highest BCUT2D eigenvalue weighted by Crippen LogP contribution is 2.25. The predicted octanol–water partition coefficient (Wildman–Crippen LogP) is 0.672. The molecule has 0 bridgehead atoms. The quantitative estimate of drug-likeness (QED) is 0.647. The van der Waals surface area contributed by atoms with Crippen molar-refractivity contribution in [2.24, 2.45) is 0 Å². The summed E-state index contributed by atoms with van der Waals surface area (Å²) >= 11 is 1.84. The molecule has 8 heteroatoms. The van der Waals surface area contributed by atoms with Crippen LogP contribution in [-0.4, -0.2) is 70.6 Å². The van der Waals surface area contributed by atoms with Crippen LogP contribution < -0.4 is 10.6 Å². The van der Waals surface area contributed by atoms with Crippen molar-refractivity contribution in [2.45, 2.75) is 69.9 Å². The third-order valence-corrected chi connectivity index (χ3v) is 7.11. The van der Waals surface area contributed by atoms with E-state index in [4.69, 9.17) is 0 Å². The molecule has 4 rings (SSSR count). The third-order valence-electron chi connectivity index (χ3n) is 6.04. The van der Waals surface area contributed by atoms with E-state index in [1.165, 1.54) is 49.0 Å². The SMILES string of the molecule is C[C@@H](O)[C@@H]1NC(=O)[C@@H]2C[C@H](NCc3ccc(CN4CCCCC4)s3)CN2C1=O. The molecule has 3 aliphatic rings. The lowest BCUT2D eigenvalue weighted by molar-refractivity contribution is -0.149. The largest absolute Gasteiger partial charge is 0.391 e. The number of piperidine rings is 1. The van der Waals surface area contributed by atoms with Gasteiger partial charge in [-0.05, 0) is 51.4 Å². The van der Waals surface area contributed by atoms with E-state index in [0.717, 1.165) is 13.1 Å². The summed E-state index contributed by atoms with van der Waals surface area (Å²) in [4.78, 5) is 31.7. The van der Waals surface area contributed by atoms with Crippen molar-refractivity contribution in [3.8, 4) is 0 Å². The number of hydrogen-bond donors (Lipinski definition) is 3. The Kier molecular flexibility index (Phi) is 6.01. The Balaban J connectivity index is 1.29. The van der Waals surface area contributed by atoms with Crippen LogP contribution in [-0.2, 0) is 22.7 Å². The van der Waals surface area contributed by atoms with Crippen molar-refractivity contribution in [2.75, 3.05) is 19.6 Å². The van der Waals surface area contributed by atoms with Gasteiger partial charge in [-0.15, -0.1) is 11.3 Å². The van der Waals surface area contributed by atoms with Crippen LogP contribution in [0.25, 0.3) is 0 Å². The molecule has 28 heavy (non-hydrogen) atoms. The Labute approximate surface area is 170 Å². The van der Waals surface area contributed by atoms with Gasteiger partial charge in [0.05, 0.1) is 6.10 Å². The minimum absolute atomic E-state index is 0.0973. The average molecular weight is 407 g/mol. The number of likely N-dealkylation sites (tertiary alicyclic amines) is 1. The number of hydrogen-bond acceptors (Lipinski definition) is 6. The number of carbonyl (C=O) groups is 2. The van der Waals surface area contributed by atoms with Gasteiger partial charge in [-0.3, -0.25) is 14.5 Å². The molecule has 154 valence electrons.